The first-order chi connectivity index (χ1) is 17.6. The molecular formula is C33H29BiS2. The molecule has 0 amide bonds. The van der Waals surface area contributed by atoms with Crippen molar-refractivity contribution in [3.63, 3.8) is 0 Å². The predicted molar refractivity (Wildman–Crippen MR) is 159 cm³/mol. The first-order valence-corrected chi connectivity index (χ1v) is 19.0. The van der Waals surface area contributed by atoms with Crippen LogP contribution >= 0.6 is 23.5 Å². The number of benzene rings is 5. The molecule has 178 valence electrons. The molecule has 0 aliphatic carbocycles. The number of aryl methyl sites for hydroxylation is 3. The van der Waals surface area contributed by atoms with Gasteiger partial charge in [0.15, 0.2) is 0 Å². The predicted octanol–water partition coefficient (Wildman–Crippen LogP) is 7.43. The van der Waals surface area contributed by atoms with Gasteiger partial charge in [-0.3, -0.25) is 0 Å². The molecule has 0 radical (unpaired) electrons. The molecule has 36 heavy (non-hydrogen) atoms. The van der Waals surface area contributed by atoms with Crippen molar-refractivity contribution in [1.29, 1.82) is 0 Å². The van der Waals surface area contributed by atoms with Crippen LogP contribution in [-0.4, -0.2) is 21.8 Å². The maximum absolute atomic E-state index is 2.65. The molecule has 5 rings (SSSR count). The van der Waals surface area contributed by atoms with Gasteiger partial charge in [-0.1, -0.05) is 0 Å². The van der Waals surface area contributed by atoms with E-state index in [1.54, 1.807) is 6.54 Å². The monoisotopic (exact) mass is 698 g/mol. The van der Waals surface area contributed by atoms with E-state index in [9.17, 15) is 0 Å². The first-order valence-electron chi connectivity index (χ1n) is 12.1. The minimum absolute atomic E-state index is 1.31. The van der Waals surface area contributed by atoms with E-state index in [1.165, 1.54) is 39.5 Å². The summed E-state index contributed by atoms with van der Waals surface area (Å²) in [5, 5.41) is 0. The molecule has 5 aromatic rings. The van der Waals surface area contributed by atoms with E-state index >= 15 is 0 Å². The van der Waals surface area contributed by atoms with Crippen molar-refractivity contribution in [3.8, 4) is 0 Å². The van der Waals surface area contributed by atoms with Crippen LogP contribution in [0.15, 0.2) is 141 Å². The summed E-state index contributed by atoms with van der Waals surface area (Å²) in [6, 6.07) is 45.0. The Hall–Kier alpha value is -2.32. The van der Waals surface area contributed by atoms with Crippen molar-refractivity contribution in [3.05, 3.63) is 138 Å². The summed E-state index contributed by atoms with van der Waals surface area (Å²) in [6.07, 6.45) is 0. The van der Waals surface area contributed by atoms with Gasteiger partial charge < -0.3 is 0 Å². The van der Waals surface area contributed by atoms with Gasteiger partial charge in [-0.25, -0.2) is 0 Å². The Morgan fingerprint density at radius 2 is 0.806 bits per heavy atom. The first kappa shape index (κ1) is 25.3. The van der Waals surface area contributed by atoms with E-state index in [0.717, 1.165) is 0 Å². The fourth-order valence-corrected chi connectivity index (χ4v) is 17.7. The molecule has 0 bridgehead atoms. The van der Waals surface area contributed by atoms with Crippen LogP contribution in [0.2, 0.25) is 0 Å². The Morgan fingerprint density at radius 1 is 0.417 bits per heavy atom. The Kier molecular flexibility index (Phi) is 8.32. The van der Waals surface area contributed by atoms with Crippen LogP contribution in [0.25, 0.3) is 0 Å². The second-order valence-corrected chi connectivity index (χ2v) is 19.4. The summed E-state index contributed by atoms with van der Waals surface area (Å²) < 4.78 is 4.61. The molecule has 0 N–H and O–H groups in total. The van der Waals surface area contributed by atoms with Crippen molar-refractivity contribution < 1.29 is 0 Å². The third-order valence-electron chi connectivity index (χ3n) is 6.13. The molecule has 0 aliphatic rings. The van der Waals surface area contributed by atoms with E-state index < -0.39 is 21.8 Å². The van der Waals surface area contributed by atoms with Gasteiger partial charge in [0.1, 0.15) is 0 Å². The average Bonchev–Trinajstić information content (AvgIpc) is 2.90. The molecule has 0 nitrogen and oxygen atoms in total. The van der Waals surface area contributed by atoms with Crippen LogP contribution in [0.5, 0.6) is 0 Å². The Balaban J connectivity index is 1.66. The van der Waals surface area contributed by atoms with E-state index in [-0.39, 0.29) is 0 Å². The number of hydrogen-bond acceptors (Lipinski definition) is 2. The van der Waals surface area contributed by atoms with Gasteiger partial charge in [-0.15, -0.1) is 0 Å². The molecule has 3 heteroatoms. The van der Waals surface area contributed by atoms with Crippen LogP contribution < -0.4 is 9.81 Å². The molecule has 0 saturated heterocycles. The molecular weight excluding hydrogens is 669 g/mol. The zero-order valence-electron chi connectivity index (χ0n) is 20.8. The van der Waals surface area contributed by atoms with Crippen LogP contribution in [-0.2, 0) is 0 Å². The molecule has 0 heterocycles. The van der Waals surface area contributed by atoms with Gasteiger partial charge in [0.05, 0.1) is 0 Å². The normalized spacial score (nSPS) is 11.1. The van der Waals surface area contributed by atoms with Gasteiger partial charge in [0, 0.05) is 0 Å². The van der Waals surface area contributed by atoms with Crippen molar-refractivity contribution in [2.45, 2.75) is 40.4 Å². The third kappa shape index (κ3) is 5.80. The SMILES string of the molecule is Cc1cc[c]([Bi]([c]2ccccc2Sc2ccccc2C)[c]2ccccc2Sc2ccccc2C)cc1. The second kappa shape index (κ2) is 11.8. The van der Waals surface area contributed by atoms with Gasteiger partial charge in [-0.05, 0) is 0 Å². The van der Waals surface area contributed by atoms with E-state index in [1.807, 2.05) is 23.5 Å². The van der Waals surface area contributed by atoms with Crippen molar-refractivity contribution >= 4 is 55.1 Å². The summed E-state index contributed by atoms with van der Waals surface area (Å²) in [5.74, 6) is 0. The second-order valence-electron chi connectivity index (χ2n) is 8.84. The summed E-state index contributed by atoms with van der Waals surface area (Å²) in [6.45, 7) is 6.59. The van der Waals surface area contributed by atoms with Crippen molar-refractivity contribution in [2.75, 3.05) is 0 Å². The van der Waals surface area contributed by atoms with Gasteiger partial charge >= 0.3 is 233 Å². The van der Waals surface area contributed by atoms with Crippen molar-refractivity contribution in [1.82, 2.24) is 0 Å². The summed E-state index contributed by atoms with van der Waals surface area (Å²) >= 11 is 1.19. The molecule has 0 fully saturated rings. The van der Waals surface area contributed by atoms with Crippen LogP contribution in [0.3, 0.4) is 0 Å². The van der Waals surface area contributed by atoms with E-state index in [0.29, 0.717) is 0 Å². The van der Waals surface area contributed by atoms with Crippen molar-refractivity contribution in [2.24, 2.45) is 0 Å². The van der Waals surface area contributed by atoms with Gasteiger partial charge in [0.2, 0.25) is 0 Å². The zero-order chi connectivity index (χ0) is 24.9. The van der Waals surface area contributed by atoms with Crippen LogP contribution in [0, 0.1) is 20.8 Å². The van der Waals surface area contributed by atoms with Crippen LogP contribution in [0.4, 0.5) is 0 Å². The third-order valence-corrected chi connectivity index (χ3v) is 19.8. The molecule has 0 aromatic heterocycles. The summed E-state index contributed by atoms with van der Waals surface area (Å²) in [5.41, 5.74) is 3.97. The Morgan fingerprint density at radius 3 is 1.25 bits per heavy atom. The van der Waals surface area contributed by atoms with Crippen LogP contribution in [0.1, 0.15) is 16.7 Å². The number of rotatable bonds is 7. The average molecular weight is 699 g/mol. The molecule has 0 unspecified atom stereocenters. The Bertz CT molecular complexity index is 1380. The van der Waals surface area contributed by atoms with E-state index in [4.69, 9.17) is 0 Å². The minimum atomic E-state index is -2.65. The maximum atomic E-state index is 2.40. The Labute approximate surface area is 231 Å². The zero-order valence-corrected chi connectivity index (χ0v) is 25.9. The number of hydrogen-bond donors (Lipinski definition) is 0. The van der Waals surface area contributed by atoms with Gasteiger partial charge in [-0.2, -0.15) is 0 Å². The molecule has 0 saturated carbocycles. The standard InChI is InChI=1S/2C13H11S.C7H7.Bi/c2*1-11-7-5-6-10-13(11)14-12-8-3-2-4-9-12;1-7-5-3-2-4-6-7;/h2*2-8,10H,1H3;3-6H,1H3;. The molecule has 0 aliphatic heterocycles. The van der Waals surface area contributed by atoms with E-state index in [2.05, 4.69) is 142 Å². The molecule has 0 atom stereocenters. The fraction of sp³-hybridized carbons (Fsp3) is 0.0909. The fourth-order valence-electron chi connectivity index (χ4n) is 4.14. The summed E-state index contributed by atoms with van der Waals surface area (Å²) in [4.78, 5) is 5.45. The van der Waals surface area contributed by atoms with Gasteiger partial charge in [0.25, 0.3) is 0 Å². The summed E-state index contributed by atoms with van der Waals surface area (Å²) in [7, 11) is 0. The molecule has 5 aromatic carbocycles. The molecule has 0 spiro atoms. The topological polar surface area (TPSA) is 0 Å². The quantitative estimate of drug-likeness (QED) is 0.162.